The van der Waals surface area contributed by atoms with Crippen LogP contribution in [0.15, 0.2) is 71.6 Å². The molecule has 0 saturated heterocycles. The van der Waals surface area contributed by atoms with E-state index in [1.807, 2.05) is 54.6 Å². The quantitative estimate of drug-likeness (QED) is 0.333. The van der Waals surface area contributed by atoms with Gasteiger partial charge in [0.15, 0.2) is 0 Å². The first-order valence-corrected chi connectivity index (χ1v) is 15.0. The Balaban J connectivity index is 1.66. The van der Waals surface area contributed by atoms with E-state index in [2.05, 4.69) is 32.4 Å². The molecule has 0 radical (unpaired) electrons. The molecule has 25 heavy (non-hydrogen) atoms. The molecule has 5 nitrogen and oxygen atoms in total. The molecule has 0 aliphatic heterocycles. The molecule has 0 aliphatic carbocycles. The molecular formula is C18H16I2N3O2-. The first kappa shape index (κ1) is 18.3. The van der Waals surface area contributed by atoms with E-state index in [1.165, 1.54) is 6.39 Å². The summed E-state index contributed by atoms with van der Waals surface area (Å²) >= 11 is 2.09. The molecule has 3 rings (SSSR count). The number of benzene rings is 2. The molecule has 2 N–H and O–H groups in total. The zero-order valence-electron chi connectivity index (χ0n) is 13.2. The molecule has 1 heterocycles. The van der Waals surface area contributed by atoms with Crippen molar-refractivity contribution in [2.75, 3.05) is 5.32 Å². The third kappa shape index (κ3) is 5.25. The summed E-state index contributed by atoms with van der Waals surface area (Å²) in [4.78, 5) is 16.5. The predicted octanol–water partition coefficient (Wildman–Crippen LogP) is 0.835. The monoisotopic (exact) mass is 560 g/mol. The van der Waals surface area contributed by atoms with Crippen molar-refractivity contribution in [1.82, 2.24) is 8.51 Å². The normalized spacial score (nSPS) is 12.0. The number of nitrogens with one attached hydrogen (secondary N) is 2. The van der Waals surface area contributed by atoms with E-state index in [-0.39, 0.29) is 29.5 Å². The third-order valence-corrected chi connectivity index (χ3v) is 6.21. The molecule has 130 valence electrons. The average molecular weight is 560 g/mol. The molecule has 0 spiro atoms. The van der Waals surface area contributed by atoms with E-state index >= 15 is 0 Å². The number of hydrogen-bond acceptors (Lipinski definition) is 4. The summed E-state index contributed by atoms with van der Waals surface area (Å²) < 4.78 is 8.62. The second-order valence-electron chi connectivity index (χ2n) is 5.36. The van der Waals surface area contributed by atoms with Crippen LogP contribution in [0.3, 0.4) is 0 Å². The van der Waals surface area contributed by atoms with Crippen LogP contribution in [0.2, 0.25) is 0 Å². The maximum atomic E-state index is 12.6. The molecular weight excluding hydrogens is 544 g/mol. The zero-order chi connectivity index (χ0) is 17.5. The number of oxazole rings is 1. The molecule has 7 heteroatoms. The van der Waals surface area contributed by atoms with Gasteiger partial charge in [0.05, 0.1) is 0 Å². The summed E-state index contributed by atoms with van der Waals surface area (Å²) in [5, 5.41) is 2.99. The number of rotatable bonds is 7. The van der Waals surface area contributed by atoms with Crippen LogP contribution < -0.4 is 26.4 Å². The first-order valence-electron chi connectivity index (χ1n) is 7.60. The van der Waals surface area contributed by atoms with Crippen LogP contribution in [-0.4, -0.2) is 16.9 Å². The summed E-state index contributed by atoms with van der Waals surface area (Å²) in [5.41, 5.74) is 2.83. The standard InChI is InChI=1S/C18H16I2N3O2/c19-20-23-16(10-13-4-2-1-3-5-13)18(24)22-15-8-6-14(7-9-15)17-11-21-12-25-17/h1-9,11-12,16,23H,10H2,(H,22,24)/q-1/t16-/m0/s1. The van der Waals surface area contributed by atoms with E-state index in [1.54, 1.807) is 6.20 Å². The van der Waals surface area contributed by atoms with Crippen molar-refractivity contribution < 1.29 is 26.7 Å². The van der Waals surface area contributed by atoms with Gasteiger partial charge in [0.2, 0.25) is 0 Å². The van der Waals surface area contributed by atoms with Gasteiger partial charge in [-0.15, -0.1) is 0 Å². The number of hydrogen-bond donors (Lipinski definition) is 2. The van der Waals surface area contributed by atoms with Crippen molar-refractivity contribution in [2.45, 2.75) is 12.5 Å². The fourth-order valence-corrected chi connectivity index (χ4v) is 5.08. The fourth-order valence-electron chi connectivity index (χ4n) is 2.39. The number of nitrogens with zero attached hydrogens (tertiary/aromatic N) is 1. The summed E-state index contributed by atoms with van der Waals surface area (Å²) in [6.45, 7) is 0. The van der Waals surface area contributed by atoms with Crippen LogP contribution in [0.5, 0.6) is 0 Å². The van der Waals surface area contributed by atoms with Gasteiger partial charge in [0, 0.05) is 0 Å². The van der Waals surface area contributed by atoms with Crippen molar-refractivity contribution in [3.8, 4) is 11.3 Å². The average Bonchev–Trinajstić information content (AvgIpc) is 3.17. The number of carbonyl (C=O) groups excluding carboxylic acids is 1. The molecule has 0 fully saturated rings. The molecule has 3 aromatic rings. The van der Waals surface area contributed by atoms with Crippen LogP contribution >= 0.6 is 18.6 Å². The van der Waals surface area contributed by atoms with Gasteiger partial charge in [-0.05, 0) is 0 Å². The van der Waals surface area contributed by atoms with Crippen molar-refractivity contribution >= 4 is 30.2 Å². The van der Waals surface area contributed by atoms with Crippen molar-refractivity contribution in [2.24, 2.45) is 0 Å². The summed E-state index contributed by atoms with van der Waals surface area (Å²) in [6, 6.07) is 17.4. The van der Waals surface area contributed by atoms with Crippen LogP contribution in [0, 0.1) is 0 Å². The molecule has 0 bridgehead atoms. The molecule has 0 aliphatic rings. The molecule has 0 unspecified atom stereocenters. The Morgan fingerprint density at radius 2 is 1.92 bits per heavy atom. The Hall–Kier alpha value is -1.46. The Labute approximate surface area is 166 Å². The van der Waals surface area contributed by atoms with Gasteiger partial charge in [-0.2, -0.15) is 0 Å². The van der Waals surface area contributed by atoms with Gasteiger partial charge in [-0.25, -0.2) is 0 Å². The number of carbonyl (C=O) groups is 1. The van der Waals surface area contributed by atoms with Gasteiger partial charge >= 0.3 is 167 Å². The minimum absolute atomic E-state index is 0.0207. The van der Waals surface area contributed by atoms with E-state index in [0.717, 1.165) is 16.8 Å². The van der Waals surface area contributed by atoms with E-state index < -0.39 is 0 Å². The van der Waals surface area contributed by atoms with Crippen molar-refractivity contribution in [1.29, 1.82) is 0 Å². The molecule has 1 aromatic heterocycles. The summed E-state index contributed by atoms with van der Waals surface area (Å²) in [7, 11) is 0. The Morgan fingerprint density at radius 1 is 1.16 bits per heavy atom. The van der Waals surface area contributed by atoms with Gasteiger partial charge in [-0.3, -0.25) is 0 Å². The molecule has 2 aromatic carbocycles. The SMILES string of the molecule is O=C(Nc1ccc(-c2cnco2)cc1)[C@H](Cc1ccccc1)N[I-]I. The van der Waals surface area contributed by atoms with Gasteiger partial charge in [-0.1, -0.05) is 0 Å². The second kappa shape index (κ2) is 9.30. The van der Waals surface area contributed by atoms with Gasteiger partial charge in [0.1, 0.15) is 0 Å². The Bertz CT molecular complexity index is 793. The molecule has 0 saturated carbocycles. The summed E-state index contributed by atoms with van der Waals surface area (Å²) in [5.74, 6) is 0.684. The second-order valence-corrected chi connectivity index (χ2v) is 9.12. The van der Waals surface area contributed by atoms with Crippen LogP contribution in [0.4, 0.5) is 5.69 Å². The Kier molecular flexibility index (Phi) is 6.82. The zero-order valence-corrected chi connectivity index (χ0v) is 17.5. The maximum absolute atomic E-state index is 12.6. The van der Waals surface area contributed by atoms with Crippen molar-refractivity contribution in [3.05, 3.63) is 72.8 Å². The van der Waals surface area contributed by atoms with Crippen LogP contribution in [0.1, 0.15) is 5.56 Å². The summed E-state index contributed by atoms with van der Waals surface area (Å²) in [6.07, 6.45) is 3.74. The van der Waals surface area contributed by atoms with Gasteiger partial charge in [0.25, 0.3) is 0 Å². The molecule has 1 amide bonds. The predicted molar refractivity (Wildman–Crippen MR) is 102 cm³/mol. The number of amides is 1. The van der Waals surface area contributed by atoms with E-state index in [9.17, 15) is 4.79 Å². The fraction of sp³-hybridized carbons (Fsp3) is 0.111. The third-order valence-electron chi connectivity index (χ3n) is 3.64. The minimum atomic E-state index is -0.235. The van der Waals surface area contributed by atoms with E-state index in [0.29, 0.717) is 12.2 Å². The Morgan fingerprint density at radius 3 is 2.56 bits per heavy atom. The topological polar surface area (TPSA) is 67.2 Å². The number of anilines is 1. The number of halogens is 2. The van der Waals surface area contributed by atoms with E-state index in [4.69, 9.17) is 4.42 Å². The van der Waals surface area contributed by atoms with Crippen LogP contribution in [0.25, 0.3) is 11.3 Å². The van der Waals surface area contributed by atoms with Crippen molar-refractivity contribution in [3.63, 3.8) is 0 Å². The first-order chi connectivity index (χ1) is 12.3. The molecule has 1 atom stereocenters. The van der Waals surface area contributed by atoms with Crippen LogP contribution in [-0.2, 0) is 11.2 Å². The number of aromatic nitrogens is 1. The van der Waals surface area contributed by atoms with Gasteiger partial charge < -0.3 is 0 Å².